The largest absolute Gasteiger partial charge is 0.495 e. The van der Waals surface area contributed by atoms with Crippen LogP contribution in [0.1, 0.15) is 13.0 Å². The van der Waals surface area contributed by atoms with Gasteiger partial charge in [0.2, 0.25) is 5.91 Å². The smallest absolute Gasteiger partial charge is 0.251 e. The van der Waals surface area contributed by atoms with Gasteiger partial charge in [0.15, 0.2) is 0 Å². The van der Waals surface area contributed by atoms with E-state index in [0.29, 0.717) is 16.5 Å². The molecule has 0 aliphatic rings. The van der Waals surface area contributed by atoms with Gasteiger partial charge in [-0.3, -0.25) is 9.59 Å². The quantitative estimate of drug-likeness (QED) is 0.945. The van der Waals surface area contributed by atoms with Crippen LogP contribution in [0.25, 0.3) is 0 Å². The Morgan fingerprint density at radius 1 is 1.33 bits per heavy atom. The highest BCUT2D eigenvalue weighted by Crippen LogP contribution is 2.28. The lowest BCUT2D eigenvalue weighted by molar-refractivity contribution is -0.118. The second-order valence-electron chi connectivity index (χ2n) is 4.46. The van der Waals surface area contributed by atoms with Gasteiger partial charge in [-0.15, -0.1) is 0 Å². The fourth-order valence-corrected chi connectivity index (χ4v) is 2.07. The van der Waals surface area contributed by atoms with E-state index in [1.807, 2.05) is 0 Å². The van der Waals surface area contributed by atoms with Crippen LogP contribution >= 0.6 is 11.6 Å². The number of pyridine rings is 1. The number of amides is 1. The van der Waals surface area contributed by atoms with Gasteiger partial charge in [-0.05, 0) is 31.2 Å². The molecule has 0 saturated heterocycles. The number of carbonyl (C=O) groups is 1. The molecule has 5 nitrogen and oxygen atoms in total. The van der Waals surface area contributed by atoms with Crippen LogP contribution in [0, 0.1) is 0 Å². The minimum atomic E-state index is -0.651. The van der Waals surface area contributed by atoms with E-state index in [0.717, 1.165) is 0 Å². The van der Waals surface area contributed by atoms with Crippen molar-refractivity contribution in [3.63, 3.8) is 0 Å². The van der Waals surface area contributed by atoms with E-state index in [2.05, 4.69) is 5.32 Å². The second kappa shape index (κ2) is 6.45. The molecule has 110 valence electrons. The Hall–Kier alpha value is -2.27. The van der Waals surface area contributed by atoms with Crippen molar-refractivity contribution < 1.29 is 9.53 Å². The summed E-state index contributed by atoms with van der Waals surface area (Å²) >= 11 is 5.92. The van der Waals surface area contributed by atoms with Crippen LogP contribution in [0.2, 0.25) is 5.02 Å². The maximum absolute atomic E-state index is 12.3. The van der Waals surface area contributed by atoms with Crippen molar-refractivity contribution in [3.8, 4) is 5.75 Å². The number of hydrogen-bond donors (Lipinski definition) is 1. The lowest BCUT2D eigenvalue weighted by Crippen LogP contribution is -2.30. The number of anilines is 1. The summed E-state index contributed by atoms with van der Waals surface area (Å²) in [4.78, 5) is 24.0. The summed E-state index contributed by atoms with van der Waals surface area (Å²) in [6.07, 6.45) is 1.57. The predicted octanol–water partition coefficient (Wildman–Crippen LogP) is 2.71. The van der Waals surface area contributed by atoms with Crippen molar-refractivity contribution in [2.24, 2.45) is 0 Å². The summed E-state index contributed by atoms with van der Waals surface area (Å²) in [5.74, 6) is 0.171. The van der Waals surface area contributed by atoms with Crippen LogP contribution in [0.3, 0.4) is 0 Å². The maximum atomic E-state index is 12.3. The normalized spacial score (nSPS) is 11.8. The minimum Gasteiger partial charge on any atom is -0.495 e. The first-order chi connectivity index (χ1) is 10.0. The van der Waals surface area contributed by atoms with Gasteiger partial charge in [-0.2, -0.15) is 0 Å². The van der Waals surface area contributed by atoms with Crippen molar-refractivity contribution in [2.75, 3.05) is 12.4 Å². The van der Waals surface area contributed by atoms with E-state index in [4.69, 9.17) is 16.3 Å². The molecule has 1 N–H and O–H groups in total. The molecular weight excluding hydrogens is 292 g/mol. The van der Waals surface area contributed by atoms with E-state index < -0.39 is 6.04 Å². The van der Waals surface area contributed by atoms with Crippen molar-refractivity contribution in [2.45, 2.75) is 13.0 Å². The highest BCUT2D eigenvalue weighted by Gasteiger charge is 2.17. The number of hydrogen-bond acceptors (Lipinski definition) is 3. The van der Waals surface area contributed by atoms with Crippen molar-refractivity contribution in [1.82, 2.24) is 4.57 Å². The molecule has 1 amide bonds. The van der Waals surface area contributed by atoms with Gasteiger partial charge in [0, 0.05) is 17.3 Å². The molecule has 21 heavy (non-hydrogen) atoms. The average molecular weight is 307 g/mol. The highest BCUT2D eigenvalue weighted by atomic mass is 35.5. The number of nitrogens with one attached hydrogen (secondary N) is 1. The SMILES string of the molecule is COc1ccc(Cl)cc1NC(=O)C(C)n1ccccc1=O. The zero-order chi connectivity index (χ0) is 15.4. The first-order valence-corrected chi connectivity index (χ1v) is 6.72. The monoisotopic (exact) mass is 306 g/mol. The van der Waals surface area contributed by atoms with Gasteiger partial charge in [0.25, 0.3) is 5.56 Å². The van der Waals surface area contributed by atoms with Crippen LogP contribution in [0.4, 0.5) is 5.69 Å². The number of halogens is 1. The highest BCUT2D eigenvalue weighted by molar-refractivity contribution is 6.31. The van der Waals surface area contributed by atoms with Crippen molar-refractivity contribution in [3.05, 3.63) is 58.0 Å². The molecular formula is C15H15ClN2O3. The maximum Gasteiger partial charge on any atom is 0.251 e. The number of carbonyl (C=O) groups excluding carboxylic acids is 1. The van der Waals surface area contributed by atoms with Crippen LogP contribution in [-0.4, -0.2) is 17.6 Å². The van der Waals surface area contributed by atoms with Crippen LogP contribution in [-0.2, 0) is 4.79 Å². The molecule has 0 aliphatic heterocycles. The molecule has 1 aromatic heterocycles. The molecule has 1 heterocycles. The third-order valence-corrected chi connectivity index (χ3v) is 3.30. The number of nitrogens with zero attached hydrogens (tertiary/aromatic N) is 1. The van der Waals surface area contributed by atoms with Gasteiger partial charge in [-0.1, -0.05) is 17.7 Å². The molecule has 1 unspecified atom stereocenters. The standard InChI is InChI=1S/C15H15ClN2O3/c1-10(18-8-4-3-5-14(18)19)15(20)17-12-9-11(16)6-7-13(12)21-2/h3-10H,1-2H3,(H,17,20). The lowest BCUT2D eigenvalue weighted by atomic mass is 10.2. The van der Waals surface area contributed by atoms with Gasteiger partial charge in [0.1, 0.15) is 11.8 Å². The van der Waals surface area contributed by atoms with E-state index in [9.17, 15) is 9.59 Å². The molecule has 1 aromatic carbocycles. The molecule has 0 aliphatic carbocycles. The zero-order valence-corrected chi connectivity index (χ0v) is 12.4. The number of benzene rings is 1. The number of aromatic nitrogens is 1. The summed E-state index contributed by atoms with van der Waals surface area (Å²) in [6.45, 7) is 1.65. The van der Waals surface area contributed by atoms with Crippen molar-refractivity contribution in [1.29, 1.82) is 0 Å². The Balaban J connectivity index is 2.24. The Bertz CT molecular complexity index is 712. The summed E-state index contributed by atoms with van der Waals surface area (Å²) in [6, 6.07) is 9.01. The van der Waals surface area contributed by atoms with Crippen molar-refractivity contribution >= 4 is 23.2 Å². The molecule has 0 saturated carbocycles. The number of ether oxygens (including phenoxy) is 1. The van der Waals surface area contributed by atoms with E-state index in [-0.39, 0.29) is 11.5 Å². The Labute approximate surface area is 127 Å². The molecule has 0 radical (unpaired) electrons. The third kappa shape index (κ3) is 3.44. The second-order valence-corrected chi connectivity index (χ2v) is 4.89. The average Bonchev–Trinajstić information content (AvgIpc) is 2.47. The Kier molecular flexibility index (Phi) is 4.65. The molecule has 1 atom stereocenters. The van der Waals surface area contributed by atoms with E-state index in [1.165, 1.54) is 17.7 Å². The zero-order valence-electron chi connectivity index (χ0n) is 11.7. The molecule has 0 fully saturated rings. The Morgan fingerprint density at radius 2 is 2.10 bits per heavy atom. The fourth-order valence-electron chi connectivity index (χ4n) is 1.90. The number of methoxy groups -OCH3 is 1. The third-order valence-electron chi connectivity index (χ3n) is 3.07. The summed E-state index contributed by atoms with van der Waals surface area (Å²) in [7, 11) is 1.50. The van der Waals surface area contributed by atoms with Crippen LogP contribution in [0.5, 0.6) is 5.75 Å². The summed E-state index contributed by atoms with van der Waals surface area (Å²) < 4.78 is 6.52. The molecule has 2 rings (SSSR count). The summed E-state index contributed by atoms with van der Waals surface area (Å²) in [5, 5.41) is 3.20. The fraction of sp³-hybridized carbons (Fsp3) is 0.200. The molecule has 0 bridgehead atoms. The molecule has 2 aromatic rings. The van der Waals surface area contributed by atoms with Gasteiger partial charge >= 0.3 is 0 Å². The first-order valence-electron chi connectivity index (χ1n) is 6.34. The Morgan fingerprint density at radius 3 is 2.76 bits per heavy atom. The first kappa shape index (κ1) is 15.1. The summed E-state index contributed by atoms with van der Waals surface area (Å²) in [5.41, 5.74) is 0.226. The van der Waals surface area contributed by atoms with Crippen LogP contribution in [0.15, 0.2) is 47.4 Å². The van der Waals surface area contributed by atoms with E-state index >= 15 is 0 Å². The van der Waals surface area contributed by atoms with E-state index in [1.54, 1.807) is 43.5 Å². The predicted molar refractivity (Wildman–Crippen MR) is 82.0 cm³/mol. The topological polar surface area (TPSA) is 60.3 Å². The van der Waals surface area contributed by atoms with Crippen LogP contribution < -0.4 is 15.6 Å². The van der Waals surface area contributed by atoms with Gasteiger partial charge in [0.05, 0.1) is 12.8 Å². The minimum absolute atomic E-state index is 0.238. The number of rotatable bonds is 4. The van der Waals surface area contributed by atoms with Gasteiger partial charge < -0.3 is 14.6 Å². The lowest BCUT2D eigenvalue weighted by Gasteiger charge is -2.16. The molecule has 6 heteroatoms. The molecule has 0 spiro atoms. The van der Waals surface area contributed by atoms with Gasteiger partial charge in [-0.25, -0.2) is 0 Å².